The van der Waals surface area contributed by atoms with Gasteiger partial charge in [0.05, 0.1) is 10.6 Å². The number of aromatic amines is 1. The lowest BCUT2D eigenvalue weighted by Crippen LogP contribution is -2.48. The van der Waals surface area contributed by atoms with Crippen molar-refractivity contribution in [1.82, 2.24) is 20.1 Å². The van der Waals surface area contributed by atoms with E-state index in [0.29, 0.717) is 10.9 Å². The van der Waals surface area contributed by atoms with Crippen molar-refractivity contribution in [3.8, 4) is 22.4 Å². The number of pyridine rings is 1. The molecule has 0 bridgehead atoms. The van der Waals surface area contributed by atoms with Crippen molar-refractivity contribution in [3.63, 3.8) is 0 Å². The van der Waals surface area contributed by atoms with Crippen molar-refractivity contribution < 1.29 is 8.42 Å². The number of H-pyrrole nitrogens is 1. The Hall–Kier alpha value is -3.03. The predicted octanol–water partition coefficient (Wildman–Crippen LogP) is 6.21. The molecule has 0 amide bonds. The Kier molecular flexibility index (Phi) is 6.39. The highest BCUT2D eigenvalue weighted by Gasteiger charge is 2.38. The number of hydrogen-bond donors (Lipinski definition) is 1. The van der Waals surface area contributed by atoms with Gasteiger partial charge in [-0.3, -0.25) is 10.00 Å². The first kappa shape index (κ1) is 25.3. The zero-order valence-electron chi connectivity index (χ0n) is 22.5. The van der Waals surface area contributed by atoms with E-state index < -0.39 is 9.84 Å². The van der Waals surface area contributed by atoms with E-state index in [4.69, 9.17) is 0 Å². The lowest BCUT2D eigenvalue weighted by molar-refractivity contribution is 0.0821. The second-order valence-electron chi connectivity index (χ2n) is 11.3. The largest absolute Gasteiger partial charge is 0.295 e. The number of likely N-dealkylation sites (tertiary alicyclic amines) is 1. The Morgan fingerprint density at radius 1 is 1.00 bits per heavy atom. The molecule has 1 N–H and O–H groups in total. The van der Waals surface area contributed by atoms with Gasteiger partial charge in [-0.2, -0.15) is 5.10 Å². The van der Waals surface area contributed by atoms with Gasteiger partial charge in [0, 0.05) is 34.3 Å². The molecule has 4 aromatic rings. The highest BCUT2D eigenvalue weighted by atomic mass is 32.2. The molecule has 2 atom stereocenters. The summed E-state index contributed by atoms with van der Waals surface area (Å²) in [7, 11) is -3.24. The van der Waals surface area contributed by atoms with Gasteiger partial charge in [-0.1, -0.05) is 37.3 Å². The van der Waals surface area contributed by atoms with Crippen LogP contribution in [0.3, 0.4) is 0 Å². The van der Waals surface area contributed by atoms with E-state index in [-0.39, 0.29) is 11.3 Å². The Morgan fingerprint density at radius 3 is 2.45 bits per heavy atom. The Balaban J connectivity index is 1.30. The van der Waals surface area contributed by atoms with E-state index in [1.54, 1.807) is 19.1 Å². The molecule has 38 heavy (non-hydrogen) atoms. The van der Waals surface area contributed by atoms with E-state index in [1.807, 2.05) is 18.3 Å². The van der Waals surface area contributed by atoms with Crippen LogP contribution in [0.25, 0.3) is 33.4 Å². The molecule has 0 saturated carbocycles. The molecule has 2 aromatic heterocycles. The van der Waals surface area contributed by atoms with E-state index in [9.17, 15) is 8.42 Å². The van der Waals surface area contributed by atoms with Crippen LogP contribution >= 0.6 is 0 Å². The van der Waals surface area contributed by atoms with Crippen LogP contribution < -0.4 is 0 Å². The maximum Gasteiger partial charge on any atom is 0.178 e. The third kappa shape index (κ3) is 4.46. The molecule has 6 nitrogen and oxygen atoms in total. The van der Waals surface area contributed by atoms with Gasteiger partial charge in [-0.25, -0.2) is 13.4 Å². The quantitative estimate of drug-likeness (QED) is 0.312. The number of nitrogens with zero attached hydrogens (tertiary/aromatic N) is 3. The molecule has 0 spiro atoms. The van der Waals surface area contributed by atoms with Gasteiger partial charge < -0.3 is 0 Å². The van der Waals surface area contributed by atoms with Crippen molar-refractivity contribution in [3.05, 3.63) is 65.9 Å². The minimum absolute atomic E-state index is 0.0857. The molecule has 2 aliphatic rings. The second-order valence-corrected chi connectivity index (χ2v) is 13.6. The normalized spacial score (nSPS) is 22.4. The standard InChI is InChI=1S/C31H36N4O2S/c1-4-38(36,37)27-11-9-23(10-12-27)29-28-19-26(20-32-30(28)34-33-29)24-8-7-22-13-15-31(3,16-14-25(22)18-24)35-17-5-6-21(35)2/h7-12,18-21H,4-6,13-17H2,1-3H3,(H,32,33,34)/t21-,31?/m1/s1. The number of aryl methyl sites for hydroxylation is 2. The summed E-state index contributed by atoms with van der Waals surface area (Å²) in [6, 6.07) is 16.7. The van der Waals surface area contributed by atoms with Crippen LogP contribution in [-0.4, -0.2) is 52.4 Å². The Labute approximate surface area is 225 Å². The molecule has 1 unspecified atom stereocenters. The third-order valence-electron chi connectivity index (χ3n) is 8.94. The summed E-state index contributed by atoms with van der Waals surface area (Å²) >= 11 is 0. The summed E-state index contributed by atoms with van der Waals surface area (Å²) in [5, 5.41) is 8.48. The number of nitrogens with one attached hydrogen (secondary N) is 1. The first-order chi connectivity index (χ1) is 18.3. The third-order valence-corrected chi connectivity index (χ3v) is 10.7. The SMILES string of the molecule is CCS(=O)(=O)c1ccc(-c2n[nH]c3ncc(-c4ccc5c(c4)CCC(C)(N4CCC[C@H]4C)CC5)cc23)cc1. The van der Waals surface area contributed by atoms with Crippen LogP contribution in [0, 0.1) is 0 Å². The van der Waals surface area contributed by atoms with Crippen molar-refractivity contribution in [2.75, 3.05) is 12.3 Å². The van der Waals surface area contributed by atoms with Crippen LogP contribution in [0.1, 0.15) is 57.6 Å². The first-order valence-electron chi connectivity index (χ1n) is 13.8. The minimum Gasteiger partial charge on any atom is -0.295 e. The van der Waals surface area contributed by atoms with Crippen molar-refractivity contribution in [2.24, 2.45) is 0 Å². The smallest absolute Gasteiger partial charge is 0.178 e. The zero-order valence-corrected chi connectivity index (χ0v) is 23.3. The Bertz CT molecular complexity index is 1590. The number of fused-ring (bicyclic) bond motifs is 2. The molecular weight excluding hydrogens is 492 g/mol. The maximum absolute atomic E-state index is 12.2. The van der Waals surface area contributed by atoms with E-state index in [1.165, 1.54) is 48.9 Å². The fraction of sp³-hybridized carbons (Fsp3) is 0.419. The fourth-order valence-corrected chi connectivity index (χ4v) is 7.39. The van der Waals surface area contributed by atoms with Gasteiger partial charge in [0.25, 0.3) is 0 Å². The van der Waals surface area contributed by atoms with Gasteiger partial charge in [0.2, 0.25) is 0 Å². The van der Waals surface area contributed by atoms with Crippen molar-refractivity contribution in [2.45, 2.75) is 75.8 Å². The molecule has 1 fully saturated rings. The topological polar surface area (TPSA) is 79.0 Å². The summed E-state index contributed by atoms with van der Waals surface area (Å²) in [6.07, 6.45) is 9.19. The fourth-order valence-electron chi connectivity index (χ4n) is 6.51. The van der Waals surface area contributed by atoms with Gasteiger partial charge in [0.15, 0.2) is 15.5 Å². The minimum atomic E-state index is -3.24. The second kappa shape index (κ2) is 9.62. The zero-order chi connectivity index (χ0) is 26.5. The van der Waals surface area contributed by atoms with E-state index in [2.05, 4.69) is 58.2 Å². The average molecular weight is 529 g/mol. The summed E-state index contributed by atoms with van der Waals surface area (Å²) in [5.74, 6) is 0.0857. The van der Waals surface area contributed by atoms with Crippen LogP contribution in [0.2, 0.25) is 0 Å². The van der Waals surface area contributed by atoms with Crippen molar-refractivity contribution >= 4 is 20.9 Å². The first-order valence-corrected chi connectivity index (χ1v) is 15.5. The molecule has 2 aromatic carbocycles. The number of hydrogen-bond acceptors (Lipinski definition) is 5. The molecule has 1 aliphatic carbocycles. The summed E-state index contributed by atoms with van der Waals surface area (Å²) in [5.41, 5.74) is 7.80. The number of benzene rings is 2. The number of sulfone groups is 1. The number of aromatic nitrogens is 3. The molecule has 1 aliphatic heterocycles. The van der Waals surface area contributed by atoms with Crippen LogP contribution in [0.5, 0.6) is 0 Å². The van der Waals surface area contributed by atoms with E-state index in [0.717, 1.165) is 40.7 Å². The van der Waals surface area contributed by atoms with Gasteiger partial charge >= 0.3 is 0 Å². The lowest BCUT2D eigenvalue weighted by atomic mass is 9.89. The van der Waals surface area contributed by atoms with E-state index >= 15 is 0 Å². The molecule has 7 heteroatoms. The monoisotopic (exact) mass is 528 g/mol. The summed E-state index contributed by atoms with van der Waals surface area (Å²) in [4.78, 5) is 7.77. The number of rotatable bonds is 5. The van der Waals surface area contributed by atoms with Gasteiger partial charge in [0.1, 0.15) is 5.69 Å². The molecular formula is C31H36N4O2S. The van der Waals surface area contributed by atoms with Gasteiger partial charge in [-0.15, -0.1) is 0 Å². The molecule has 1 saturated heterocycles. The Morgan fingerprint density at radius 2 is 1.74 bits per heavy atom. The highest BCUT2D eigenvalue weighted by molar-refractivity contribution is 7.91. The van der Waals surface area contributed by atoms with Crippen molar-refractivity contribution in [1.29, 1.82) is 0 Å². The molecule has 3 heterocycles. The predicted molar refractivity (Wildman–Crippen MR) is 153 cm³/mol. The molecule has 198 valence electrons. The van der Waals surface area contributed by atoms with Gasteiger partial charge in [-0.05, 0) is 93.8 Å². The maximum atomic E-state index is 12.2. The van der Waals surface area contributed by atoms with Crippen LogP contribution in [-0.2, 0) is 22.7 Å². The summed E-state index contributed by atoms with van der Waals surface area (Å²) in [6.45, 7) is 7.76. The molecule has 0 radical (unpaired) electrons. The summed E-state index contributed by atoms with van der Waals surface area (Å²) < 4.78 is 24.4. The van der Waals surface area contributed by atoms with Crippen LogP contribution in [0.4, 0.5) is 0 Å². The average Bonchev–Trinajstić information content (AvgIpc) is 3.53. The molecule has 6 rings (SSSR count). The lowest BCUT2D eigenvalue weighted by Gasteiger charge is -2.41. The van der Waals surface area contributed by atoms with Crippen LogP contribution in [0.15, 0.2) is 59.6 Å². The highest BCUT2D eigenvalue weighted by Crippen LogP contribution is 2.38.